The molecule has 2 heteroatoms. The Morgan fingerprint density at radius 1 is 0.362 bits per heavy atom. The minimum atomic E-state index is 0.150. The number of rotatable bonds is 7. The van der Waals surface area contributed by atoms with Gasteiger partial charge in [-0.15, -0.1) is 0 Å². The fraction of sp³-hybridized carbons (Fsp3) is 0.0179. The highest BCUT2D eigenvalue weighted by Gasteiger charge is 2.38. The van der Waals surface area contributed by atoms with Crippen LogP contribution >= 0.6 is 0 Å². The average Bonchev–Trinajstić information content (AvgIpc) is 3.62. The molecule has 0 spiro atoms. The van der Waals surface area contributed by atoms with Gasteiger partial charge in [0.2, 0.25) is 11.8 Å². The van der Waals surface area contributed by atoms with Gasteiger partial charge >= 0.3 is 0 Å². The maximum atomic E-state index is 2.47. The van der Waals surface area contributed by atoms with E-state index >= 15 is 0 Å². The van der Waals surface area contributed by atoms with E-state index in [4.69, 9.17) is 0 Å². The van der Waals surface area contributed by atoms with Crippen LogP contribution in [0.5, 0.6) is 0 Å². The molecule has 0 N–H and O–H groups in total. The number of hydrogen-bond donors (Lipinski definition) is 0. The molecule has 11 rings (SSSR count). The summed E-state index contributed by atoms with van der Waals surface area (Å²) in [6.45, 7) is 0. The first kappa shape index (κ1) is 33.8. The van der Waals surface area contributed by atoms with Crippen LogP contribution in [0.15, 0.2) is 218 Å². The molecule has 2 aliphatic rings. The Morgan fingerprint density at radius 2 is 0.879 bits per heavy atom. The van der Waals surface area contributed by atoms with Gasteiger partial charge in [0.25, 0.3) is 0 Å². The van der Waals surface area contributed by atoms with Gasteiger partial charge < -0.3 is 4.90 Å². The van der Waals surface area contributed by atoms with Gasteiger partial charge in [0.05, 0.1) is 5.56 Å². The van der Waals surface area contributed by atoms with Gasteiger partial charge in [-0.05, 0) is 110 Å². The van der Waals surface area contributed by atoms with Crippen molar-refractivity contribution in [2.75, 3.05) is 4.90 Å². The molecule has 0 aromatic heterocycles. The maximum Gasteiger partial charge on any atom is 0.221 e. The van der Waals surface area contributed by atoms with Gasteiger partial charge in [-0.25, -0.2) is 0 Å². The first-order valence-corrected chi connectivity index (χ1v) is 20.0. The van der Waals surface area contributed by atoms with E-state index in [2.05, 4.69) is 240 Å². The molecule has 2 aliphatic heterocycles. The molecule has 1 atom stereocenters. The monoisotopic (exact) mass is 739 g/mol. The first-order chi connectivity index (χ1) is 28.7. The zero-order valence-electron chi connectivity index (χ0n) is 31.9. The second-order valence-electron chi connectivity index (χ2n) is 15.2. The van der Waals surface area contributed by atoms with Crippen molar-refractivity contribution in [2.24, 2.45) is 0 Å². The molecule has 0 radical (unpaired) electrons. The molecule has 0 aliphatic carbocycles. The average molecular weight is 740 g/mol. The molecule has 9 aromatic rings. The third-order valence-corrected chi connectivity index (χ3v) is 11.8. The quantitative estimate of drug-likeness (QED) is 0.148. The molecule has 1 unspecified atom stereocenters. The Morgan fingerprint density at radius 3 is 1.59 bits per heavy atom. The molecule has 2 nitrogen and oxygen atoms in total. The highest BCUT2D eigenvalue weighted by molar-refractivity contribution is 6.12. The first-order valence-electron chi connectivity index (χ1n) is 20.0. The van der Waals surface area contributed by atoms with E-state index in [1.807, 2.05) is 0 Å². The predicted molar refractivity (Wildman–Crippen MR) is 242 cm³/mol. The van der Waals surface area contributed by atoms with Crippen LogP contribution in [0, 0.1) is 0 Å². The fourth-order valence-electron chi connectivity index (χ4n) is 8.90. The SMILES string of the molecule is C1=c2ccc(N(c3ccc(-c4ccc(-c5ccccc5)cc4)cc3)c3ccc(-c4cccc5ccccc45)cc3)cc2=C[N+]2=C(c3ccccc3)c3ccccc3C12. The summed E-state index contributed by atoms with van der Waals surface area (Å²) in [6, 6.07) is 79.4. The summed E-state index contributed by atoms with van der Waals surface area (Å²) in [5, 5.41) is 4.95. The van der Waals surface area contributed by atoms with Gasteiger partial charge in [-0.3, -0.25) is 0 Å². The van der Waals surface area contributed by atoms with Crippen molar-refractivity contribution in [3.8, 4) is 33.4 Å². The lowest BCUT2D eigenvalue weighted by molar-refractivity contribution is -0.448. The molecule has 2 heterocycles. The lowest BCUT2D eigenvalue weighted by atomic mass is 9.97. The molecule has 0 saturated carbocycles. The van der Waals surface area contributed by atoms with Crippen molar-refractivity contribution in [3.63, 3.8) is 0 Å². The number of fused-ring (bicyclic) bond motifs is 5. The van der Waals surface area contributed by atoms with Crippen molar-refractivity contribution in [3.05, 3.63) is 246 Å². The second kappa shape index (κ2) is 14.2. The van der Waals surface area contributed by atoms with E-state index in [9.17, 15) is 0 Å². The topological polar surface area (TPSA) is 6.25 Å². The van der Waals surface area contributed by atoms with Gasteiger partial charge in [-0.2, -0.15) is 4.58 Å². The second-order valence-corrected chi connectivity index (χ2v) is 15.2. The van der Waals surface area contributed by atoms with Crippen molar-refractivity contribution in [1.29, 1.82) is 0 Å². The van der Waals surface area contributed by atoms with Crippen LogP contribution < -0.4 is 15.3 Å². The summed E-state index contributed by atoms with van der Waals surface area (Å²) in [4.78, 5) is 2.38. The lowest BCUT2D eigenvalue weighted by Crippen LogP contribution is -2.34. The third-order valence-electron chi connectivity index (χ3n) is 11.8. The molecule has 0 amide bonds. The van der Waals surface area contributed by atoms with Crippen molar-refractivity contribution < 1.29 is 4.58 Å². The molecule has 9 aromatic carbocycles. The standard InChI is InChI=1S/C56H39N2/c1-3-12-39(13-4-1)40-22-24-41(25-23-40)42-26-31-48(32-27-42)58(49-33-28-44(29-34-49)52-21-11-17-43-14-7-8-18-51(43)52)50-35-30-46-37-55-53-19-9-10-20-54(53)56(45-15-5-2-6-16-45)57(55)38-47(46)36-50/h1-38,55H/q+1. The maximum absolute atomic E-state index is 2.47. The molecule has 0 bridgehead atoms. The van der Waals surface area contributed by atoms with E-state index < -0.39 is 0 Å². The molecular formula is C56H39N2+. The van der Waals surface area contributed by atoms with Gasteiger partial charge in [0.15, 0.2) is 6.20 Å². The smallest absolute Gasteiger partial charge is 0.221 e. The van der Waals surface area contributed by atoms with Crippen LogP contribution in [0.2, 0.25) is 0 Å². The summed E-state index contributed by atoms with van der Waals surface area (Å²) in [7, 11) is 0. The van der Waals surface area contributed by atoms with Crippen molar-refractivity contribution >= 4 is 45.8 Å². The summed E-state index contributed by atoms with van der Waals surface area (Å²) < 4.78 is 2.47. The third kappa shape index (κ3) is 5.95. The van der Waals surface area contributed by atoms with Crippen LogP contribution in [-0.2, 0) is 0 Å². The van der Waals surface area contributed by atoms with Gasteiger partial charge in [-0.1, -0.05) is 164 Å². The van der Waals surface area contributed by atoms with Gasteiger partial charge in [0.1, 0.15) is 0 Å². The molecule has 272 valence electrons. The number of benzene rings is 9. The molecular weight excluding hydrogens is 701 g/mol. The molecule has 0 saturated heterocycles. The Labute approximate surface area is 338 Å². The van der Waals surface area contributed by atoms with E-state index in [1.54, 1.807) is 0 Å². The van der Waals surface area contributed by atoms with Crippen molar-refractivity contribution in [1.82, 2.24) is 0 Å². The largest absolute Gasteiger partial charge is 0.310 e. The number of anilines is 3. The van der Waals surface area contributed by atoms with Crippen molar-refractivity contribution in [2.45, 2.75) is 6.04 Å². The zero-order chi connectivity index (χ0) is 38.4. The highest BCUT2D eigenvalue weighted by atomic mass is 15.1. The Bertz CT molecular complexity index is 3120. The van der Waals surface area contributed by atoms with Crippen LogP contribution in [-0.4, -0.2) is 10.3 Å². The van der Waals surface area contributed by atoms with Gasteiger partial charge in [0, 0.05) is 33.4 Å². The summed E-state index contributed by atoms with van der Waals surface area (Å²) in [5.74, 6) is 0. The molecule has 0 fully saturated rings. The summed E-state index contributed by atoms with van der Waals surface area (Å²) in [5.41, 5.74) is 15.7. The predicted octanol–water partition coefficient (Wildman–Crippen LogP) is 12.4. The van der Waals surface area contributed by atoms with Crippen LogP contribution in [0.1, 0.15) is 22.7 Å². The zero-order valence-corrected chi connectivity index (χ0v) is 31.9. The number of nitrogens with zero attached hydrogens (tertiary/aromatic N) is 2. The van der Waals surface area contributed by atoms with E-state index in [0.29, 0.717) is 0 Å². The van der Waals surface area contributed by atoms with E-state index in [1.165, 1.54) is 77.0 Å². The fourth-order valence-corrected chi connectivity index (χ4v) is 8.90. The Balaban J connectivity index is 1.02. The highest BCUT2D eigenvalue weighted by Crippen LogP contribution is 2.38. The minimum Gasteiger partial charge on any atom is -0.310 e. The normalized spacial score (nSPS) is 13.9. The summed E-state index contributed by atoms with van der Waals surface area (Å²) >= 11 is 0. The Kier molecular flexibility index (Phi) is 8.26. The summed E-state index contributed by atoms with van der Waals surface area (Å²) in [6.07, 6.45) is 4.78. The lowest BCUT2D eigenvalue weighted by Gasteiger charge is -2.26. The van der Waals surface area contributed by atoms with Crippen LogP contribution in [0.3, 0.4) is 0 Å². The van der Waals surface area contributed by atoms with E-state index in [0.717, 1.165) is 17.1 Å². The van der Waals surface area contributed by atoms with Crippen LogP contribution in [0.25, 0.3) is 56.4 Å². The van der Waals surface area contributed by atoms with E-state index in [-0.39, 0.29) is 6.04 Å². The van der Waals surface area contributed by atoms with Crippen LogP contribution in [0.4, 0.5) is 17.1 Å². The minimum absolute atomic E-state index is 0.150. The number of hydrogen-bond acceptors (Lipinski definition) is 1. The Hall–Kier alpha value is -7.55. The molecule has 58 heavy (non-hydrogen) atoms.